The predicted octanol–water partition coefficient (Wildman–Crippen LogP) is 3.65. The first kappa shape index (κ1) is 19.4. The minimum absolute atomic E-state index is 0. The van der Waals surface area contributed by atoms with Crippen LogP contribution in [0.1, 0.15) is 19.4 Å². The molecule has 94 valence electrons. The van der Waals surface area contributed by atoms with Crippen molar-refractivity contribution in [1.29, 1.82) is 0 Å². The van der Waals surface area contributed by atoms with Crippen LogP contribution in [0.5, 0.6) is 5.75 Å². The SMILES string of the molecule is Br.[CH2-]C(C)(C)COCc1ccc(OC)cc1.[Zn]. The normalized spacial score (nSPS) is 10.1. The van der Waals surface area contributed by atoms with Crippen LogP contribution in [0.4, 0.5) is 0 Å². The van der Waals surface area contributed by atoms with E-state index in [9.17, 15) is 0 Å². The van der Waals surface area contributed by atoms with E-state index in [1.54, 1.807) is 7.11 Å². The quantitative estimate of drug-likeness (QED) is 0.594. The molecule has 2 nitrogen and oxygen atoms in total. The fourth-order valence-electron chi connectivity index (χ4n) is 1.17. The van der Waals surface area contributed by atoms with E-state index in [1.165, 1.54) is 0 Å². The van der Waals surface area contributed by atoms with Crippen molar-refractivity contribution in [3.8, 4) is 5.75 Å². The summed E-state index contributed by atoms with van der Waals surface area (Å²) in [4.78, 5) is 0. The van der Waals surface area contributed by atoms with Gasteiger partial charge in [0.15, 0.2) is 0 Å². The Kier molecular flexibility index (Phi) is 10.4. The second kappa shape index (κ2) is 9.07. The van der Waals surface area contributed by atoms with Crippen molar-refractivity contribution in [2.75, 3.05) is 13.7 Å². The first-order valence-corrected chi connectivity index (χ1v) is 5.07. The van der Waals surface area contributed by atoms with Crippen LogP contribution in [0.2, 0.25) is 0 Å². The van der Waals surface area contributed by atoms with Crippen molar-refractivity contribution < 1.29 is 29.0 Å². The molecule has 0 aliphatic heterocycles. The number of hydrogen-bond donors (Lipinski definition) is 0. The van der Waals surface area contributed by atoms with E-state index in [0.717, 1.165) is 11.3 Å². The van der Waals surface area contributed by atoms with Crippen LogP contribution in [0.15, 0.2) is 24.3 Å². The van der Waals surface area contributed by atoms with Crippen molar-refractivity contribution in [2.24, 2.45) is 5.41 Å². The Labute approximate surface area is 128 Å². The Morgan fingerprint density at radius 2 is 1.71 bits per heavy atom. The van der Waals surface area contributed by atoms with E-state index in [2.05, 4.69) is 20.8 Å². The van der Waals surface area contributed by atoms with E-state index in [4.69, 9.17) is 9.47 Å². The summed E-state index contributed by atoms with van der Waals surface area (Å²) in [6.45, 7) is 9.39. The number of halogens is 1. The molecule has 0 saturated carbocycles. The molecule has 0 amide bonds. The van der Waals surface area contributed by atoms with Crippen molar-refractivity contribution in [3.05, 3.63) is 36.8 Å². The summed E-state index contributed by atoms with van der Waals surface area (Å²) >= 11 is 0. The molecule has 0 N–H and O–H groups in total. The summed E-state index contributed by atoms with van der Waals surface area (Å²) in [5.74, 6) is 0.872. The van der Waals surface area contributed by atoms with Crippen LogP contribution in [0.25, 0.3) is 0 Å². The van der Waals surface area contributed by atoms with Gasteiger partial charge in [0.2, 0.25) is 0 Å². The molecule has 1 aromatic rings. The van der Waals surface area contributed by atoms with E-state index in [-0.39, 0.29) is 41.9 Å². The summed E-state index contributed by atoms with van der Waals surface area (Å²) < 4.78 is 10.6. The molecule has 17 heavy (non-hydrogen) atoms. The predicted molar refractivity (Wildman–Crippen MR) is 72.1 cm³/mol. The van der Waals surface area contributed by atoms with Gasteiger partial charge in [-0.3, -0.25) is 0 Å². The Balaban J connectivity index is 0. The zero-order chi connectivity index (χ0) is 11.3. The topological polar surface area (TPSA) is 18.5 Å². The van der Waals surface area contributed by atoms with Gasteiger partial charge in [-0.25, -0.2) is 0 Å². The monoisotopic (exact) mass is 351 g/mol. The van der Waals surface area contributed by atoms with Crippen LogP contribution in [0, 0.1) is 12.3 Å². The van der Waals surface area contributed by atoms with Crippen LogP contribution in [-0.2, 0) is 30.8 Å². The molecule has 0 radical (unpaired) electrons. The third kappa shape index (κ3) is 8.76. The number of methoxy groups -OCH3 is 1. The van der Waals surface area contributed by atoms with Gasteiger partial charge < -0.3 is 16.4 Å². The minimum atomic E-state index is -0.0214. The molecule has 0 unspecified atom stereocenters. The van der Waals surface area contributed by atoms with Gasteiger partial charge in [0.05, 0.1) is 13.7 Å². The molecule has 0 aliphatic carbocycles. The molecule has 0 aliphatic rings. The average molecular weight is 354 g/mol. The van der Waals surface area contributed by atoms with Gasteiger partial charge in [-0.05, 0) is 17.7 Å². The number of hydrogen-bond acceptors (Lipinski definition) is 2. The van der Waals surface area contributed by atoms with Crippen LogP contribution in [-0.4, -0.2) is 13.7 Å². The summed E-state index contributed by atoms with van der Waals surface area (Å²) in [5, 5.41) is 0. The Morgan fingerprint density at radius 3 is 2.12 bits per heavy atom. The van der Waals surface area contributed by atoms with Gasteiger partial charge in [-0.1, -0.05) is 26.0 Å². The molecular weight excluding hydrogens is 333 g/mol. The number of ether oxygens (including phenoxy) is 2. The van der Waals surface area contributed by atoms with Gasteiger partial charge in [0, 0.05) is 26.1 Å². The molecule has 0 heterocycles. The summed E-state index contributed by atoms with van der Waals surface area (Å²) in [5.41, 5.74) is 1.13. The van der Waals surface area contributed by atoms with Crippen molar-refractivity contribution in [2.45, 2.75) is 20.5 Å². The second-order valence-electron chi connectivity index (χ2n) is 4.51. The summed E-state index contributed by atoms with van der Waals surface area (Å²) in [7, 11) is 1.66. The number of benzene rings is 1. The maximum Gasteiger partial charge on any atom is 0.118 e. The summed E-state index contributed by atoms with van der Waals surface area (Å²) in [6, 6.07) is 7.89. The molecule has 0 aromatic heterocycles. The standard InChI is InChI=1S/C13H19O2.BrH.Zn/c1-13(2,3)10-15-9-11-5-7-12(14-4)8-6-11;;/h5-8H,1,9-10H2,2-4H3;1H;/q-1;;. The van der Waals surface area contributed by atoms with E-state index in [1.807, 2.05) is 24.3 Å². The zero-order valence-corrected chi connectivity index (χ0v) is 15.5. The molecular formula is C13H20BrO2Zn-. The second-order valence-corrected chi connectivity index (χ2v) is 4.51. The summed E-state index contributed by atoms with van der Waals surface area (Å²) in [6.07, 6.45) is 0. The smallest absolute Gasteiger partial charge is 0.118 e. The maximum absolute atomic E-state index is 5.55. The molecule has 1 rings (SSSR count). The van der Waals surface area contributed by atoms with Gasteiger partial charge in [-0.2, -0.15) is 0 Å². The van der Waals surface area contributed by atoms with Crippen LogP contribution >= 0.6 is 17.0 Å². The molecule has 0 bridgehead atoms. The van der Waals surface area contributed by atoms with Crippen LogP contribution in [0.3, 0.4) is 0 Å². The Bertz CT molecular complexity index is 293. The molecule has 0 spiro atoms. The number of rotatable bonds is 5. The van der Waals surface area contributed by atoms with Gasteiger partial charge in [0.1, 0.15) is 5.75 Å². The van der Waals surface area contributed by atoms with E-state index in [0.29, 0.717) is 13.2 Å². The van der Waals surface area contributed by atoms with Crippen LogP contribution < -0.4 is 4.74 Å². The average Bonchev–Trinajstić information content (AvgIpc) is 2.17. The Morgan fingerprint density at radius 1 is 1.18 bits per heavy atom. The zero-order valence-electron chi connectivity index (χ0n) is 10.9. The van der Waals surface area contributed by atoms with Gasteiger partial charge in [0.25, 0.3) is 0 Å². The molecule has 0 atom stereocenters. The third-order valence-electron chi connectivity index (χ3n) is 1.92. The van der Waals surface area contributed by atoms with E-state index < -0.39 is 0 Å². The largest absolute Gasteiger partial charge is 0.497 e. The van der Waals surface area contributed by atoms with Gasteiger partial charge >= 0.3 is 0 Å². The first-order chi connectivity index (χ1) is 7.01. The molecule has 0 fully saturated rings. The fourth-order valence-corrected chi connectivity index (χ4v) is 1.17. The molecule has 1 aromatic carbocycles. The molecule has 4 heteroatoms. The fraction of sp³-hybridized carbons (Fsp3) is 0.462. The van der Waals surface area contributed by atoms with Crippen molar-refractivity contribution in [1.82, 2.24) is 0 Å². The van der Waals surface area contributed by atoms with Crippen molar-refractivity contribution in [3.63, 3.8) is 0 Å². The maximum atomic E-state index is 5.55. The van der Waals surface area contributed by atoms with E-state index >= 15 is 0 Å². The first-order valence-electron chi connectivity index (χ1n) is 5.07. The third-order valence-corrected chi connectivity index (χ3v) is 1.92. The van der Waals surface area contributed by atoms with Gasteiger partial charge in [-0.15, -0.1) is 22.4 Å². The molecule has 0 saturated heterocycles. The van der Waals surface area contributed by atoms with Crippen molar-refractivity contribution >= 4 is 17.0 Å². The minimum Gasteiger partial charge on any atom is -0.497 e. The Hall–Kier alpha value is 0.0834.